The first-order valence-electron chi connectivity index (χ1n) is 6.70. The van der Waals surface area contributed by atoms with Crippen molar-refractivity contribution in [2.45, 2.75) is 19.6 Å². The summed E-state index contributed by atoms with van der Waals surface area (Å²) in [4.78, 5) is 22.0. The molecule has 0 aliphatic heterocycles. The average Bonchev–Trinajstić information content (AvgIpc) is 2.54. The standard InChI is InChI=1S/C15H20ClN3OS2/c1-10(8-21)14(20)19(4)15(11(2)17-3)22-9-12-5-6-13(16)18-7-12/h5-7,10,21H,3,8-9H2,1-2,4H3/b15-11-. The summed E-state index contributed by atoms with van der Waals surface area (Å²) in [5.74, 6) is 1.02. The fourth-order valence-corrected chi connectivity index (χ4v) is 2.96. The minimum atomic E-state index is -0.154. The van der Waals surface area contributed by atoms with Gasteiger partial charge in [-0.15, -0.1) is 11.8 Å². The van der Waals surface area contributed by atoms with Gasteiger partial charge in [0, 0.05) is 30.7 Å². The van der Waals surface area contributed by atoms with Crippen LogP contribution in [0.2, 0.25) is 5.15 Å². The van der Waals surface area contributed by atoms with Crippen molar-refractivity contribution in [1.82, 2.24) is 9.88 Å². The van der Waals surface area contributed by atoms with Crippen molar-refractivity contribution in [2.24, 2.45) is 10.9 Å². The summed E-state index contributed by atoms with van der Waals surface area (Å²) in [6.45, 7) is 7.24. The average molecular weight is 358 g/mol. The Kier molecular flexibility index (Phi) is 8.00. The molecule has 0 saturated heterocycles. The van der Waals surface area contributed by atoms with Gasteiger partial charge in [0.05, 0.1) is 10.7 Å². The van der Waals surface area contributed by atoms with E-state index in [1.54, 1.807) is 24.2 Å². The second-order valence-corrected chi connectivity index (χ2v) is 6.52. The highest BCUT2D eigenvalue weighted by Gasteiger charge is 2.21. The van der Waals surface area contributed by atoms with Crippen LogP contribution in [-0.4, -0.2) is 35.3 Å². The molecule has 1 atom stereocenters. The van der Waals surface area contributed by atoms with E-state index in [4.69, 9.17) is 11.6 Å². The summed E-state index contributed by atoms with van der Waals surface area (Å²) in [5.41, 5.74) is 1.74. The minimum absolute atomic E-state index is 0.00901. The molecule has 1 rings (SSSR count). The maximum Gasteiger partial charge on any atom is 0.230 e. The van der Waals surface area contributed by atoms with Gasteiger partial charge in [0.1, 0.15) is 5.15 Å². The largest absolute Gasteiger partial charge is 0.308 e. The number of hydrogen-bond donors (Lipinski definition) is 1. The maximum atomic E-state index is 12.3. The van der Waals surface area contributed by atoms with E-state index in [2.05, 4.69) is 29.3 Å². The molecule has 0 aromatic carbocycles. The van der Waals surface area contributed by atoms with Crippen LogP contribution < -0.4 is 0 Å². The Hall–Kier alpha value is -0.980. The molecular formula is C15H20ClN3OS2. The molecule has 0 spiro atoms. The van der Waals surface area contributed by atoms with Crippen LogP contribution in [0.15, 0.2) is 34.0 Å². The number of carbonyl (C=O) groups excluding carboxylic acids is 1. The number of aromatic nitrogens is 1. The Morgan fingerprint density at radius 3 is 2.77 bits per heavy atom. The molecule has 0 bridgehead atoms. The molecule has 120 valence electrons. The number of aliphatic imine (C=N–C) groups is 1. The maximum absolute atomic E-state index is 12.3. The molecule has 0 radical (unpaired) electrons. The molecule has 1 aromatic heterocycles. The molecule has 0 saturated carbocycles. The summed E-state index contributed by atoms with van der Waals surface area (Å²) in [5, 5.41) is 1.24. The first-order chi connectivity index (χ1) is 10.4. The van der Waals surface area contributed by atoms with Gasteiger partial charge in [-0.2, -0.15) is 12.6 Å². The number of halogens is 1. The summed E-state index contributed by atoms with van der Waals surface area (Å²) in [6, 6.07) is 3.66. The molecule has 4 nitrogen and oxygen atoms in total. The van der Waals surface area contributed by atoms with Gasteiger partial charge in [0.15, 0.2) is 0 Å². The van der Waals surface area contributed by atoms with Crippen LogP contribution in [-0.2, 0) is 10.5 Å². The predicted molar refractivity (Wildman–Crippen MR) is 98.6 cm³/mol. The number of carbonyl (C=O) groups is 1. The van der Waals surface area contributed by atoms with E-state index >= 15 is 0 Å². The number of hydrogen-bond acceptors (Lipinski definition) is 5. The molecule has 1 heterocycles. The molecular weight excluding hydrogens is 338 g/mol. The van der Waals surface area contributed by atoms with Gasteiger partial charge in [0.25, 0.3) is 0 Å². The second-order valence-electron chi connectivity index (χ2n) is 4.81. The second kappa shape index (κ2) is 9.22. The van der Waals surface area contributed by atoms with E-state index in [0.29, 0.717) is 22.4 Å². The summed E-state index contributed by atoms with van der Waals surface area (Å²) < 4.78 is 0. The third-order valence-corrected chi connectivity index (χ3v) is 5.13. The Bertz CT molecular complexity index is 560. The van der Waals surface area contributed by atoms with Gasteiger partial charge in [-0.3, -0.25) is 9.79 Å². The minimum Gasteiger partial charge on any atom is -0.308 e. The Morgan fingerprint density at radius 2 is 2.27 bits per heavy atom. The van der Waals surface area contributed by atoms with Crippen molar-refractivity contribution in [1.29, 1.82) is 0 Å². The van der Waals surface area contributed by atoms with Crippen LogP contribution >= 0.6 is 36.0 Å². The molecule has 1 unspecified atom stereocenters. The highest BCUT2D eigenvalue weighted by molar-refractivity contribution is 8.02. The first-order valence-corrected chi connectivity index (χ1v) is 8.69. The number of rotatable bonds is 7. The van der Waals surface area contributed by atoms with E-state index < -0.39 is 0 Å². The number of thioether (sulfide) groups is 1. The number of nitrogens with zero attached hydrogens (tertiary/aromatic N) is 3. The van der Waals surface area contributed by atoms with Gasteiger partial charge < -0.3 is 4.90 Å². The first kappa shape index (κ1) is 19.1. The van der Waals surface area contributed by atoms with Crippen LogP contribution in [0.25, 0.3) is 0 Å². The quantitative estimate of drug-likeness (QED) is 0.457. The molecule has 1 amide bonds. The van der Waals surface area contributed by atoms with Crippen molar-refractivity contribution < 1.29 is 4.79 Å². The molecule has 0 aliphatic rings. The molecule has 0 aliphatic carbocycles. The van der Waals surface area contributed by atoms with E-state index in [1.807, 2.05) is 19.9 Å². The number of pyridine rings is 1. The Balaban J connectivity index is 2.88. The van der Waals surface area contributed by atoms with Crippen molar-refractivity contribution in [2.75, 3.05) is 12.8 Å². The summed E-state index contributed by atoms with van der Waals surface area (Å²) in [7, 11) is 1.75. The van der Waals surface area contributed by atoms with Gasteiger partial charge in [0.2, 0.25) is 5.91 Å². The van der Waals surface area contributed by atoms with E-state index in [1.165, 1.54) is 11.8 Å². The van der Waals surface area contributed by atoms with E-state index in [9.17, 15) is 4.79 Å². The zero-order valence-corrected chi connectivity index (χ0v) is 15.4. The SMILES string of the molecule is C=N/C(C)=C(\SCc1ccc(Cl)nc1)N(C)C(=O)C(C)CS. The molecule has 0 fully saturated rings. The van der Waals surface area contributed by atoms with Gasteiger partial charge >= 0.3 is 0 Å². The number of allylic oxidation sites excluding steroid dienone is 1. The van der Waals surface area contributed by atoms with Crippen molar-refractivity contribution in [3.8, 4) is 0 Å². The van der Waals surface area contributed by atoms with Gasteiger partial charge in [-0.25, -0.2) is 4.98 Å². The zero-order valence-electron chi connectivity index (χ0n) is 12.9. The molecule has 22 heavy (non-hydrogen) atoms. The van der Waals surface area contributed by atoms with Crippen LogP contribution in [0.4, 0.5) is 0 Å². The van der Waals surface area contributed by atoms with Crippen molar-refractivity contribution in [3.05, 3.63) is 39.8 Å². The van der Waals surface area contributed by atoms with Crippen molar-refractivity contribution in [3.63, 3.8) is 0 Å². The lowest BCUT2D eigenvalue weighted by atomic mass is 10.2. The lowest BCUT2D eigenvalue weighted by Gasteiger charge is -2.24. The fourth-order valence-electron chi connectivity index (χ4n) is 1.66. The third-order valence-electron chi connectivity index (χ3n) is 3.04. The van der Waals surface area contributed by atoms with Crippen LogP contribution in [0.5, 0.6) is 0 Å². The lowest BCUT2D eigenvalue weighted by Crippen LogP contribution is -2.31. The highest BCUT2D eigenvalue weighted by atomic mass is 35.5. The number of thiol groups is 1. The van der Waals surface area contributed by atoms with Gasteiger partial charge in [-0.05, 0) is 25.3 Å². The van der Waals surface area contributed by atoms with E-state index in [-0.39, 0.29) is 11.8 Å². The highest BCUT2D eigenvalue weighted by Crippen LogP contribution is 2.28. The van der Waals surface area contributed by atoms with Crippen molar-refractivity contribution >= 4 is 48.6 Å². The van der Waals surface area contributed by atoms with E-state index in [0.717, 1.165) is 10.6 Å². The predicted octanol–water partition coefficient (Wildman–Crippen LogP) is 3.88. The summed E-state index contributed by atoms with van der Waals surface area (Å²) in [6.07, 6.45) is 1.72. The number of amides is 1. The van der Waals surface area contributed by atoms with Gasteiger partial charge in [-0.1, -0.05) is 24.6 Å². The lowest BCUT2D eigenvalue weighted by molar-refractivity contribution is -0.130. The Labute approximate surface area is 146 Å². The summed E-state index contributed by atoms with van der Waals surface area (Å²) >= 11 is 11.5. The smallest absolute Gasteiger partial charge is 0.230 e. The fraction of sp³-hybridized carbons (Fsp3) is 0.400. The third kappa shape index (κ3) is 5.34. The van der Waals surface area contributed by atoms with Crippen LogP contribution in [0.1, 0.15) is 19.4 Å². The Morgan fingerprint density at radius 1 is 1.59 bits per heavy atom. The van der Waals surface area contributed by atoms with Crippen LogP contribution in [0.3, 0.4) is 0 Å². The van der Waals surface area contributed by atoms with Crippen LogP contribution in [0, 0.1) is 5.92 Å². The monoisotopic (exact) mass is 357 g/mol. The zero-order chi connectivity index (χ0) is 16.7. The molecule has 0 N–H and O–H groups in total. The molecule has 7 heteroatoms. The normalized spacial score (nSPS) is 13.3. The topological polar surface area (TPSA) is 45.6 Å². The molecule has 1 aromatic rings.